The van der Waals surface area contributed by atoms with Crippen molar-refractivity contribution in [3.05, 3.63) is 24.0 Å². The Bertz CT molecular complexity index is 388. The molecule has 2 rings (SSSR count). The molecule has 1 aromatic rings. The van der Waals surface area contributed by atoms with Gasteiger partial charge in [0.05, 0.1) is 25.1 Å². The highest BCUT2D eigenvalue weighted by Crippen LogP contribution is 2.00. The maximum absolute atomic E-state index is 11.7. The number of ether oxygens (including phenoxy) is 1. The molecule has 0 spiro atoms. The predicted octanol–water partition coefficient (Wildman–Crippen LogP) is -0.274. The molecule has 1 amide bonds. The summed E-state index contributed by atoms with van der Waals surface area (Å²) in [4.78, 5) is 18.0. The van der Waals surface area contributed by atoms with Crippen LogP contribution in [0.4, 0.5) is 5.69 Å². The number of nitrogens with one attached hydrogen (secondary N) is 1. The number of pyridine rings is 1. The molecule has 6 heteroatoms. The fourth-order valence-electron chi connectivity index (χ4n) is 1.78. The van der Waals surface area contributed by atoms with Gasteiger partial charge in [-0.15, -0.1) is 0 Å². The predicted molar refractivity (Wildman–Crippen MR) is 68.2 cm³/mol. The number of aromatic nitrogens is 1. The number of morpholine rings is 1. The van der Waals surface area contributed by atoms with Crippen LogP contribution >= 0.6 is 0 Å². The Balaban J connectivity index is 1.72. The monoisotopic (exact) mass is 250 g/mol. The molecule has 0 bridgehead atoms. The summed E-state index contributed by atoms with van der Waals surface area (Å²) in [6.45, 7) is 4.85. The number of carbonyl (C=O) groups excluding carboxylic acids is 1. The van der Waals surface area contributed by atoms with Crippen molar-refractivity contribution in [1.29, 1.82) is 0 Å². The van der Waals surface area contributed by atoms with E-state index in [2.05, 4.69) is 15.2 Å². The van der Waals surface area contributed by atoms with Gasteiger partial charge >= 0.3 is 0 Å². The fraction of sp³-hybridized carbons (Fsp3) is 0.500. The van der Waals surface area contributed by atoms with Gasteiger partial charge in [0, 0.05) is 26.2 Å². The lowest BCUT2D eigenvalue weighted by molar-refractivity contribution is 0.0383. The van der Waals surface area contributed by atoms with E-state index >= 15 is 0 Å². The Hall–Kier alpha value is -1.66. The van der Waals surface area contributed by atoms with Crippen LogP contribution in [0.15, 0.2) is 18.3 Å². The molecule has 1 aliphatic heterocycles. The average molecular weight is 250 g/mol. The van der Waals surface area contributed by atoms with Gasteiger partial charge in [-0.2, -0.15) is 0 Å². The van der Waals surface area contributed by atoms with E-state index in [-0.39, 0.29) is 5.91 Å². The van der Waals surface area contributed by atoms with E-state index in [0.717, 1.165) is 32.8 Å². The topological polar surface area (TPSA) is 80.5 Å². The smallest absolute Gasteiger partial charge is 0.269 e. The summed E-state index contributed by atoms with van der Waals surface area (Å²) in [6, 6.07) is 3.29. The Morgan fingerprint density at radius 3 is 2.89 bits per heavy atom. The second-order valence-electron chi connectivity index (χ2n) is 4.19. The molecule has 0 radical (unpaired) electrons. The number of nitrogens with two attached hydrogens (primary N) is 1. The summed E-state index contributed by atoms with van der Waals surface area (Å²) < 4.78 is 5.26. The molecular weight excluding hydrogens is 232 g/mol. The molecular formula is C12H18N4O2. The Morgan fingerprint density at radius 2 is 2.22 bits per heavy atom. The van der Waals surface area contributed by atoms with Gasteiger partial charge in [0.25, 0.3) is 5.91 Å². The minimum Gasteiger partial charge on any atom is -0.397 e. The normalized spacial score (nSPS) is 16.4. The van der Waals surface area contributed by atoms with E-state index in [1.165, 1.54) is 6.20 Å². The molecule has 1 aliphatic rings. The van der Waals surface area contributed by atoms with Crippen molar-refractivity contribution in [2.45, 2.75) is 0 Å². The first-order valence-corrected chi connectivity index (χ1v) is 6.05. The van der Waals surface area contributed by atoms with Crippen molar-refractivity contribution in [3.8, 4) is 0 Å². The molecule has 1 fully saturated rings. The van der Waals surface area contributed by atoms with E-state index in [1.807, 2.05) is 0 Å². The lowest BCUT2D eigenvalue weighted by Crippen LogP contribution is -2.41. The third-order valence-electron chi connectivity index (χ3n) is 2.84. The minimum absolute atomic E-state index is 0.164. The molecule has 0 atom stereocenters. The van der Waals surface area contributed by atoms with Crippen LogP contribution in [-0.2, 0) is 4.74 Å². The summed E-state index contributed by atoms with van der Waals surface area (Å²) in [5, 5.41) is 2.84. The first kappa shape index (κ1) is 12.8. The summed E-state index contributed by atoms with van der Waals surface area (Å²) in [5.74, 6) is -0.164. The average Bonchev–Trinajstić information content (AvgIpc) is 2.40. The van der Waals surface area contributed by atoms with Gasteiger partial charge in [-0.3, -0.25) is 9.69 Å². The van der Waals surface area contributed by atoms with Gasteiger partial charge in [0.1, 0.15) is 5.69 Å². The number of carbonyl (C=O) groups is 1. The zero-order valence-electron chi connectivity index (χ0n) is 10.3. The third kappa shape index (κ3) is 3.68. The van der Waals surface area contributed by atoms with Gasteiger partial charge in [-0.05, 0) is 12.1 Å². The highest BCUT2D eigenvalue weighted by Gasteiger charge is 2.11. The molecule has 98 valence electrons. The fourth-order valence-corrected chi connectivity index (χ4v) is 1.78. The molecule has 0 saturated carbocycles. The van der Waals surface area contributed by atoms with Crippen molar-refractivity contribution < 1.29 is 9.53 Å². The highest BCUT2D eigenvalue weighted by atomic mass is 16.5. The van der Waals surface area contributed by atoms with Crippen molar-refractivity contribution in [3.63, 3.8) is 0 Å². The van der Waals surface area contributed by atoms with Crippen LogP contribution in [0.2, 0.25) is 0 Å². The number of hydrogen-bond donors (Lipinski definition) is 2. The summed E-state index contributed by atoms with van der Waals surface area (Å²) in [7, 11) is 0. The molecule has 2 heterocycles. The third-order valence-corrected chi connectivity index (χ3v) is 2.84. The van der Waals surface area contributed by atoms with Crippen molar-refractivity contribution in [1.82, 2.24) is 15.2 Å². The number of amides is 1. The zero-order chi connectivity index (χ0) is 12.8. The zero-order valence-corrected chi connectivity index (χ0v) is 10.3. The maximum Gasteiger partial charge on any atom is 0.269 e. The van der Waals surface area contributed by atoms with E-state index in [4.69, 9.17) is 10.5 Å². The Kier molecular flexibility index (Phi) is 4.49. The van der Waals surface area contributed by atoms with Crippen LogP contribution in [0.1, 0.15) is 10.5 Å². The van der Waals surface area contributed by atoms with Crippen molar-refractivity contribution in [2.24, 2.45) is 0 Å². The molecule has 1 saturated heterocycles. The van der Waals surface area contributed by atoms with Crippen molar-refractivity contribution in [2.75, 3.05) is 45.1 Å². The van der Waals surface area contributed by atoms with Gasteiger partial charge in [0.2, 0.25) is 0 Å². The first-order valence-electron chi connectivity index (χ1n) is 6.05. The molecule has 1 aromatic heterocycles. The molecule has 3 N–H and O–H groups in total. The van der Waals surface area contributed by atoms with Crippen LogP contribution in [-0.4, -0.2) is 55.2 Å². The Labute approximate surface area is 106 Å². The molecule has 18 heavy (non-hydrogen) atoms. The van der Waals surface area contributed by atoms with Crippen LogP contribution in [0.5, 0.6) is 0 Å². The van der Waals surface area contributed by atoms with E-state index in [9.17, 15) is 4.79 Å². The van der Waals surface area contributed by atoms with Gasteiger partial charge in [-0.1, -0.05) is 0 Å². The molecule has 0 unspecified atom stereocenters. The van der Waals surface area contributed by atoms with Crippen LogP contribution in [0, 0.1) is 0 Å². The lowest BCUT2D eigenvalue weighted by atomic mass is 10.3. The van der Waals surface area contributed by atoms with E-state index < -0.39 is 0 Å². The number of nitrogen functional groups attached to an aromatic ring is 1. The summed E-state index contributed by atoms with van der Waals surface area (Å²) in [5.41, 5.74) is 6.46. The number of hydrogen-bond acceptors (Lipinski definition) is 5. The summed E-state index contributed by atoms with van der Waals surface area (Å²) >= 11 is 0. The number of nitrogens with zero attached hydrogens (tertiary/aromatic N) is 2. The molecule has 0 aromatic carbocycles. The number of anilines is 1. The largest absolute Gasteiger partial charge is 0.397 e. The van der Waals surface area contributed by atoms with Crippen molar-refractivity contribution >= 4 is 11.6 Å². The lowest BCUT2D eigenvalue weighted by Gasteiger charge is -2.26. The van der Waals surface area contributed by atoms with Gasteiger partial charge in [0.15, 0.2) is 0 Å². The van der Waals surface area contributed by atoms with Gasteiger partial charge in [-0.25, -0.2) is 4.98 Å². The standard InChI is InChI=1S/C12H18N4O2/c13-10-1-2-11(15-9-10)12(17)14-3-4-16-5-7-18-8-6-16/h1-2,9H,3-8,13H2,(H,14,17). The SMILES string of the molecule is Nc1ccc(C(=O)NCCN2CCOCC2)nc1. The minimum atomic E-state index is -0.164. The first-order chi connectivity index (χ1) is 8.75. The van der Waals surface area contributed by atoms with Crippen LogP contribution < -0.4 is 11.1 Å². The Morgan fingerprint density at radius 1 is 1.44 bits per heavy atom. The van der Waals surface area contributed by atoms with Gasteiger partial charge < -0.3 is 15.8 Å². The van der Waals surface area contributed by atoms with Crippen LogP contribution in [0.3, 0.4) is 0 Å². The second kappa shape index (κ2) is 6.32. The molecule has 6 nitrogen and oxygen atoms in total. The van der Waals surface area contributed by atoms with Crippen LogP contribution in [0.25, 0.3) is 0 Å². The quantitative estimate of drug-likeness (QED) is 0.768. The molecule has 0 aliphatic carbocycles. The van der Waals surface area contributed by atoms with E-state index in [1.54, 1.807) is 12.1 Å². The second-order valence-corrected chi connectivity index (χ2v) is 4.19. The highest BCUT2D eigenvalue weighted by molar-refractivity contribution is 5.92. The number of rotatable bonds is 4. The summed E-state index contributed by atoms with van der Waals surface area (Å²) in [6.07, 6.45) is 1.48. The van der Waals surface area contributed by atoms with E-state index in [0.29, 0.717) is 17.9 Å². The maximum atomic E-state index is 11.7.